The van der Waals surface area contributed by atoms with Crippen molar-refractivity contribution in [2.75, 3.05) is 5.32 Å². The van der Waals surface area contributed by atoms with Gasteiger partial charge in [0.25, 0.3) is 0 Å². The summed E-state index contributed by atoms with van der Waals surface area (Å²) in [6, 6.07) is 1.50. The van der Waals surface area contributed by atoms with Crippen molar-refractivity contribution in [2.45, 2.75) is 25.3 Å². The van der Waals surface area contributed by atoms with Crippen LogP contribution in [0.15, 0.2) is 24.5 Å². The molecule has 2 fully saturated rings. The molecule has 0 amide bonds. The molecule has 2 aromatic heterocycles. The second-order valence-electron chi connectivity index (χ2n) is 7.77. The number of nitrogens with zero attached hydrogens (tertiary/aromatic N) is 2. The molecule has 6 nitrogen and oxygen atoms in total. The van der Waals surface area contributed by atoms with Gasteiger partial charge in [-0.3, -0.25) is 4.79 Å². The van der Waals surface area contributed by atoms with Gasteiger partial charge in [-0.05, 0) is 37.2 Å². The van der Waals surface area contributed by atoms with Gasteiger partial charge in [-0.15, -0.1) is 0 Å². The zero-order valence-corrected chi connectivity index (χ0v) is 15.1. The van der Waals surface area contributed by atoms with E-state index in [0.717, 1.165) is 37.6 Å². The SMILES string of the molecule is O=C(O)[C@H]1[C@@H]2CC[C@@H](C2)[C@@H]1Nc1nc(-c2c[nH]c3c(F)cc(F)cc23)ncc1F. The fraction of sp³-hybridized carbons (Fsp3) is 0.350. The van der Waals surface area contributed by atoms with Crippen molar-refractivity contribution in [3.05, 3.63) is 42.0 Å². The molecule has 3 aromatic rings. The predicted octanol–water partition coefficient (Wildman–Crippen LogP) is 3.95. The number of hydrogen-bond donors (Lipinski definition) is 3. The fourth-order valence-electron chi connectivity index (χ4n) is 4.95. The molecule has 0 radical (unpaired) electrons. The van der Waals surface area contributed by atoms with Crippen LogP contribution < -0.4 is 5.32 Å². The summed E-state index contributed by atoms with van der Waals surface area (Å²) in [6.07, 6.45) is 4.97. The molecule has 29 heavy (non-hydrogen) atoms. The highest BCUT2D eigenvalue weighted by atomic mass is 19.1. The van der Waals surface area contributed by atoms with Crippen LogP contribution in [-0.2, 0) is 4.79 Å². The first kappa shape index (κ1) is 18.0. The summed E-state index contributed by atoms with van der Waals surface area (Å²) in [4.78, 5) is 22.6. The third-order valence-electron chi connectivity index (χ3n) is 6.20. The quantitative estimate of drug-likeness (QED) is 0.615. The Morgan fingerprint density at radius 2 is 1.97 bits per heavy atom. The maximum Gasteiger partial charge on any atom is 0.308 e. The second-order valence-corrected chi connectivity index (χ2v) is 7.77. The van der Waals surface area contributed by atoms with Crippen LogP contribution in [-0.4, -0.2) is 32.1 Å². The molecule has 3 N–H and O–H groups in total. The van der Waals surface area contributed by atoms with E-state index in [1.807, 2.05) is 0 Å². The van der Waals surface area contributed by atoms with Crippen molar-refractivity contribution < 1.29 is 23.1 Å². The molecular formula is C20H17F3N4O2. The molecule has 5 rings (SSSR count). The Hall–Kier alpha value is -3.10. The number of benzene rings is 1. The van der Waals surface area contributed by atoms with Crippen molar-refractivity contribution in [1.82, 2.24) is 15.0 Å². The lowest BCUT2D eigenvalue weighted by molar-refractivity contribution is -0.143. The Labute approximate surface area is 163 Å². The van der Waals surface area contributed by atoms with Crippen LogP contribution in [0.3, 0.4) is 0 Å². The number of hydrogen-bond acceptors (Lipinski definition) is 4. The summed E-state index contributed by atoms with van der Waals surface area (Å²) in [5, 5.41) is 12.8. The van der Waals surface area contributed by atoms with Crippen molar-refractivity contribution >= 4 is 22.7 Å². The van der Waals surface area contributed by atoms with Gasteiger partial charge in [0.1, 0.15) is 11.6 Å². The van der Waals surface area contributed by atoms with Gasteiger partial charge in [-0.25, -0.2) is 23.1 Å². The zero-order valence-electron chi connectivity index (χ0n) is 15.1. The van der Waals surface area contributed by atoms with E-state index in [1.165, 1.54) is 6.20 Å². The smallest absolute Gasteiger partial charge is 0.308 e. The van der Waals surface area contributed by atoms with Crippen LogP contribution in [0.25, 0.3) is 22.3 Å². The van der Waals surface area contributed by atoms with Crippen molar-refractivity contribution in [1.29, 1.82) is 0 Å². The van der Waals surface area contributed by atoms with E-state index in [2.05, 4.69) is 20.3 Å². The number of H-pyrrole nitrogens is 1. The Kier molecular flexibility index (Phi) is 4.01. The predicted molar refractivity (Wildman–Crippen MR) is 98.6 cm³/mol. The topological polar surface area (TPSA) is 90.9 Å². The van der Waals surface area contributed by atoms with Gasteiger partial charge in [0.2, 0.25) is 0 Å². The molecule has 1 aromatic carbocycles. The summed E-state index contributed by atoms with van der Waals surface area (Å²) < 4.78 is 42.0. The molecule has 150 valence electrons. The Balaban J connectivity index is 1.53. The van der Waals surface area contributed by atoms with Gasteiger partial charge in [0, 0.05) is 29.3 Å². The highest BCUT2D eigenvalue weighted by Gasteiger charge is 2.51. The van der Waals surface area contributed by atoms with E-state index in [0.29, 0.717) is 5.56 Å². The number of rotatable bonds is 4. The minimum atomic E-state index is -0.896. The number of halogens is 3. The normalized spacial score (nSPS) is 25.6. The number of aliphatic carboxylic acids is 1. The maximum absolute atomic E-state index is 14.4. The summed E-state index contributed by atoms with van der Waals surface area (Å²) in [6.45, 7) is 0. The lowest BCUT2D eigenvalue weighted by Gasteiger charge is -2.29. The third-order valence-corrected chi connectivity index (χ3v) is 6.20. The minimum Gasteiger partial charge on any atom is -0.481 e. The first-order valence-electron chi connectivity index (χ1n) is 9.40. The molecule has 0 saturated heterocycles. The molecule has 0 unspecified atom stereocenters. The maximum atomic E-state index is 14.4. The minimum absolute atomic E-state index is 0.0823. The molecule has 4 atom stereocenters. The summed E-state index contributed by atoms with van der Waals surface area (Å²) in [7, 11) is 0. The molecule has 0 aliphatic heterocycles. The van der Waals surface area contributed by atoms with Crippen molar-refractivity contribution in [3.8, 4) is 11.4 Å². The molecule has 9 heteroatoms. The second kappa shape index (κ2) is 6.47. The van der Waals surface area contributed by atoms with E-state index in [4.69, 9.17) is 0 Å². The average Bonchev–Trinajstić information content (AvgIpc) is 3.37. The number of carboxylic acids is 1. The van der Waals surface area contributed by atoms with Gasteiger partial charge in [0.05, 0.1) is 17.6 Å². The number of anilines is 1. The Morgan fingerprint density at radius 1 is 1.17 bits per heavy atom. The number of nitrogens with one attached hydrogen (secondary N) is 2. The highest BCUT2D eigenvalue weighted by Crippen LogP contribution is 2.49. The monoisotopic (exact) mass is 402 g/mol. The summed E-state index contributed by atoms with van der Waals surface area (Å²) in [5.74, 6) is -3.49. The molecule has 2 saturated carbocycles. The van der Waals surface area contributed by atoms with Gasteiger partial charge in [-0.1, -0.05) is 0 Å². The molecule has 2 aliphatic carbocycles. The van der Waals surface area contributed by atoms with E-state index in [-0.39, 0.29) is 34.4 Å². The first-order valence-corrected chi connectivity index (χ1v) is 9.40. The number of fused-ring (bicyclic) bond motifs is 3. The van der Waals surface area contributed by atoms with Crippen LogP contribution in [0.4, 0.5) is 19.0 Å². The first-order chi connectivity index (χ1) is 13.9. The summed E-state index contributed by atoms with van der Waals surface area (Å²) >= 11 is 0. The largest absolute Gasteiger partial charge is 0.481 e. The lowest BCUT2D eigenvalue weighted by atomic mass is 9.84. The highest BCUT2D eigenvalue weighted by molar-refractivity contribution is 5.94. The van der Waals surface area contributed by atoms with E-state index in [1.54, 1.807) is 0 Å². The fourth-order valence-corrected chi connectivity index (χ4v) is 4.95. The Morgan fingerprint density at radius 3 is 2.76 bits per heavy atom. The number of aromatic nitrogens is 3. The lowest BCUT2D eigenvalue weighted by Crippen LogP contribution is -2.39. The van der Waals surface area contributed by atoms with Crippen LogP contribution >= 0.6 is 0 Å². The van der Waals surface area contributed by atoms with Gasteiger partial charge in [0.15, 0.2) is 17.5 Å². The number of carbonyl (C=O) groups is 1. The third kappa shape index (κ3) is 2.83. The van der Waals surface area contributed by atoms with Crippen molar-refractivity contribution in [2.24, 2.45) is 17.8 Å². The van der Waals surface area contributed by atoms with Crippen LogP contribution in [0.5, 0.6) is 0 Å². The van der Waals surface area contributed by atoms with Crippen LogP contribution in [0.2, 0.25) is 0 Å². The number of carboxylic acid groups (broad SMARTS) is 1. The van der Waals surface area contributed by atoms with Crippen LogP contribution in [0.1, 0.15) is 19.3 Å². The zero-order chi connectivity index (χ0) is 20.3. The molecule has 2 heterocycles. The molecule has 2 aliphatic rings. The summed E-state index contributed by atoms with van der Waals surface area (Å²) in [5.41, 5.74) is 0.423. The Bertz CT molecular complexity index is 1130. The van der Waals surface area contributed by atoms with E-state index >= 15 is 0 Å². The standard InChI is InChI=1S/C20H17F3N4O2/c21-10-4-11-12(6-24-17(11)13(22)5-10)18-25-7-14(23)19(27-18)26-16-9-2-1-8(3-9)15(16)20(28)29/h4-9,15-16,24H,1-3H2,(H,28,29)(H,25,26,27)/t8-,9+,15+,16+/m1/s1. The van der Waals surface area contributed by atoms with Gasteiger partial charge >= 0.3 is 5.97 Å². The molecular weight excluding hydrogens is 385 g/mol. The average molecular weight is 402 g/mol. The van der Waals surface area contributed by atoms with E-state index in [9.17, 15) is 23.1 Å². The van der Waals surface area contributed by atoms with Crippen molar-refractivity contribution in [3.63, 3.8) is 0 Å². The van der Waals surface area contributed by atoms with Crippen LogP contribution in [0, 0.1) is 35.2 Å². The number of aromatic amines is 1. The van der Waals surface area contributed by atoms with E-state index < -0.39 is 35.4 Å². The van der Waals surface area contributed by atoms with Gasteiger partial charge in [-0.2, -0.15) is 0 Å². The van der Waals surface area contributed by atoms with Gasteiger partial charge < -0.3 is 15.4 Å². The molecule has 2 bridgehead atoms. The molecule has 0 spiro atoms.